The molecule has 1 heterocycles. The van der Waals surface area contributed by atoms with E-state index in [9.17, 15) is 10.1 Å². The molecule has 130 valence electrons. The highest BCUT2D eigenvalue weighted by Crippen LogP contribution is 2.27. The lowest BCUT2D eigenvalue weighted by Gasteiger charge is -2.09. The van der Waals surface area contributed by atoms with Crippen molar-refractivity contribution in [2.24, 2.45) is 0 Å². The van der Waals surface area contributed by atoms with Gasteiger partial charge in [-0.15, -0.1) is 0 Å². The average molecular weight is 363 g/mol. The number of fused-ring (bicyclic) bond motifs is 1. The first-order valence-corrected chi connectivity index (χ1v) is 8.96. The van der Waals surface area contributed by atoms with Gasteiger partial charge in [-0.3, -0.25) is 4.79 Å². The second kappa shape index (κ2) is 7.89. The number of methoxy groups -OCH3 is 1. The molecule has 0 saturated carbocycles. The lowest BCUT2D eigenvalue weighted by molar-refractivity contribution is -0.113. The van der Waals surface area contributed by atoms with Crippen LogP contribution in [-0.2, 0) is 4.79 Å². The third kappa shape index (κ3) is 3.95. The summed E-state index contributed by atoms with van der Waals surface area (Å²) in [6.07, 6.45) is 0. The minimum atomic E-state index is -0.134. The Morgan fingerprint density at radius 3 is 2.81 bits per heavy atom. The SMILES string of the molecule is COc1ccc2nc(SCC(=O)Nc3ccccc3C)c(C#N)cc2c1. The number of amides is 1. The van der Waals surface area contributed by atoms with Gasteiger partial charge in [0.2, 0.25) is 5.91 Å². The Labute approximate surface area is 156 Å². The van der Waals surface area contributed by atoms with E-state index < -0.39 is 0 Å². The third-order valence-corrected chi connectivity index (χ3v) is 4.86. The molecule has 0 bridgehead atoms. The number of hydrogen-bond donors (Lipinski definition) is 1. The summed E-state index contributed by atoms with van der Waals surface area (Å²) in [4.78, 5) is 16.7. The lowest BCUT2D eigenvalue weighted by Crippen LogP contribution is -2.15. The average Bonchev–Trinajstić information content (AvgIpc) is 2.67. The Bertz CT molecular complexity index is 1010. The highest BCUT2D eigenvalue weighted by Gasteiger charge is 2.11. The fraction of sp³-hybridized carbons (Fsp3) is 0.150. The Kier molecular flexibility index (Phi) is 5.40. The number of carbonyl (C=O) groups excluding carboxylic acids is 1. The van der Waals surface area contributed by atoms with E-state index in [2.05, 4.69) is 16.4 Å². The van der Waals surface area contributed by atoms with Gasteiger partial charge in [0.1, 0.15) is 16.8 Å². The van der Waals surface area contributed by atoms with Gasteiger partial charge in [0.05, 0.1) is 23.9 Å². The number of nitriles is 1. The van der Waals surface area contributed by atoms with E-state index in [4.69, 9.17) is 4.74 Å². The van der Waals surface area contributed by atoms with Crippen LogP contribution in [0, 0.1) is 18.3 Å². The molecule has 0 aliphatic rings. The number of nitrogens with zero attached hydrogens (tertiary/aromatic N) is 2. The van der Waals surface area contributed by atoms with Crippen molar-refractivity contribution >= 4 is 34.3 Å². The minimum absolute atomic E-state index is 0.134. The van der Waals surface area contributed by atoms with Crippen LogP contribution < -0.4 is 10.1 Å². The minimum Gasteiger partial charge on any atom is -0.497 e. The van der Waals surface area contributed by atoms with Crippen molar-refractivity contribution in [1.29, 1.82) is 5.26 Å². The van der Waals surface area contributed by atoms with Gasteiger partial charge in [0.25, 0.3) is 0 Å². The van der Waals surface area contributed by atoms with Gasteiger partial charge in [-0.1, -0.05) is 30.0 Å². The molecular formula is C20H17N3O2S. The fourth-order valence-electron chi connectivity index (χ4n) is 2.49. The number of aromatic nitrogens is 1. The zero-order valence-electron chi connectivity index (χ0n) is 14.4. The molecule has 3 aromatic rings. The van der Waals surface area contributed by atoms with Crippen molar-refractivity contribution in [2.45, 2.75) is 11.9 Å². The van der Waals surface area contributed by atoms with Crippen LogP contribution in [0.4, 0.5) is 5.69 Å². The van der Waals surface area contributed by atoms with Crippen LogP contribution in [-0.4, -0.2) is 23.8 Å². The molecule has 0 aliphatic carbocycles. The number of aryl methyl sites for hydroxylation is 1. The summed E-state index contributed by atoms with van der Waals surface area (Å²) in [6.45, 7) is 1.94. The zero-order chi connectivity index (χ0) is 18.5. The quantitative estimate of drug-likeness (QED) is 0.689. The number of thioether (sulfide) groups is 1. The number of nitrogens with one attached hydrogen (secondary N) is 1. The molecule has 2 aromatic carbocycles. The molecule has 0 saturated heterocycles. The summed E-state index contributed by atoms with van der Waals surface area (Å²) >= 11 is 1.25. The van der Waals surface area contributed by atoms with Gasteiger partial charge in [-0.05, 0) is 42.8 Å². The summed E-state index contributed by atoms with van der Waals surface area (Å²) in [7, 11) is 1.59. The number of anilines is 1. The van der Waals surface area contributed by atoms with Gasteiger partial charge < -0.3 is 10.1 Å². The third-order valence-electron chi connectivity index (χ3n) is 3.87. The number of hydrogen-bond acceptors (Lipinski definition) is 5. The Balaban J connectivity index is 1.77. The summed E-state index contributed by atoms with van der Waals surface area (Å²) in [5, 5.41) is 13.7. The monoisotopic (exact) mass is 363 g/mol. The first-order chi connectivity index (χ1) is 12.6. The molecular weight excluding hydrogens is 346 g/mol. The van der Waals surface area contributed by atoms with Gasteiger partial charge >= 0.3 is 0 Å². The maximum absolute atomic E-state index is 12.2. The number of carbonyl (C=O) groups is 1. The summed E-state index contributed by atoms with van der Waals surface area (Å²) < 4.78 is 5.20. The molecule has 1 amide bonds. The second-order valence-electron chi connectivity index (χ2n) is 5.66. The van der Waals surface area contributed by atoms with Crippen LogP contribution >= 0.6 is 11.8 Å². The molecule has 0 unspecified atom stereocenters. The van der Waals surface area contributed by atoms with Crippen LogP contribution in [0.1, 0.15) is 11.1 Å². The molecule has 1 N–H and O–H groups in total. The molecule has 0 atom stereocenters. The van der Waals surface area contributed by atoms with Crippen LogP contribution in [0.3, 0.4) is 0 Å². The highest BCUT2D eigenvalue weighted by molar-refractivity contribution is 8.00. The zero-order valence-corrected chi connectivity index (χ0v) is 15.3. The normalized spacial score (nSPS) is 10.3. The van der Waals surface area contributed by atoms with E-state index in [0.717, 1.165) is 22.2 Å². The van der Waals surface area contributed by atoms with Gasteiger partial charge in [0.15, 0.2) is 0 Å². The van der Waals surface area contributed by atoms with E-state index >= 15 is 0 Å². The smallest absolute Gasteiger partial charge is 0.234 e. The standard InChI is InChI=1S/C20H17N3O2S/c1-13-5-3-4-6-17(13)22-19(24)12-26-20-15(11-21)9-14-10-16(25-2)7-8-18(14)23-20/h3-10H,12H2,1-2H3,(H,22,24). The Morgan fingerprint density at radius 2 is 2.08 bits per heavy atom. The van der Waals surface area contributed by atoms with Crippen molar-refractivity contribution in [2.75, 3.05) is 18.2 Å². The molecule has 0 spiro atoms. The van der Waals surface area contributed by atoms with E-state index in [1.165, 1.54) is 11.8 Å². The molecule has 26 heavy (non-hydrogen) atoms. The Hall–Kier alpha value is -3.04. The van der Waals surface area contributed by atoms with E-state index in [1.54, 1.807) is 13.2 Å². The molecule has 0 aliphatic heterocycles. The van der Waals surface area contributed by atoms with Crippen LogP contribution in [0.15, 0.2) is 53.6 Å². The molecule has 3 rings (SSSR count). The first-order valence-electron chi connectivity index (χ1n) is 7.98. The predicted octanol–water partition coefficient (Wildman–Crippen LogP) is 4.15. The lowest BCUT2D eigenvalue weighted by atomic mass is 10.1. The highest BCUT2D eigenvalue weighted by atomic mass is 32.2. The van der Waals surface area contributed by atoms with Crippen LogP contribution in [0.5, 0.6) is 5.75 Å². The summed E-state index contributed by atoms with van der Waals surface area (Å²) in [5.74, 6) is 0.753. The van der Waals surface area contributed by atoms with E-state index in [1.807, 2.05) is 49.4 Å². The van der Waals surface area contributed by atoms with Crippen molar-refractivity contribution in [1.82, 2.24) is 4.98 Å². The summed E-state index contributed by atoms with van der Waals surface area (Å²) in [5.41, 5.74) is 2.99. The Morgan fingerprint density at radius 1 is 1.27 bits per heavy atom. The van der Waals surface area contributed by atoms with Crippen molar-refractivity contribution in [3.63, 3.8) is 0 Å². The van der Waals surface area contributed by atoms with Crippen LogP contribution in [0.25, 0.3) is 10.9 Å². The molecule has 6 heteroatoms. The number of benzene rings is 2. The fourth-order valence-corrected chi connectivity index (χ4v) is 3.25. The largest absolute Gasteiger partial charge is 0.497 e. The second-order valence-corrected chi connectivity index (χ2v) is 6.63. The number of rotatable bonds is 5. The van der Waals surface area contributed by atoms with E-state index in [-0.39, 0.29) is 11.7 Å². The maximum atomic E-state index is 12.2. The predicted molar refractivity (Wildman–Crippen MR) is 104 cm³/mol. The maximum Gasteiger partial charge on any atom is 0.234 e. The molecule has 5 nitrogen and oxygen atoms in total. The summed E-state index contributed by atoms with van der Waals surface area (Å²) in [6, 6.07) is 17.0. The topological polar surface area (TPSA) is 75.0 Å². The van der Waals surface area contributed by atoms with Crippen molar-refractivity contribution in [3.05, 3.63) is 59.7 Å². The van der Waals surface area contributed by atoms with Gasteiger partial charge in [0, 0.05) is 11.1 Å². The molecule has 0 radical (unpaired) electrons. The number of ether oxygens (including phenoxy) is 1. The van der Waals surface area contributed by atoms with Gasteiger partial charge in [-0.25, -0.2) is 4.98 Å². The molecule has 1 aromatic heterocycles. The molecule has 0 fully saturated rings. The van der Waals surface area contributed by atoms with Crippen molar-refractivity contribution in [3.8, 4) is 11.8 Å². The van der Waals surface area contributed by atoms with Gasteiger partial charge in [-0.2, -0.15) is 5.26 Å². The first kappa shape index (κ1) is 17.8. The van der Waals surface area contributed by atoms with E-state index in [0.29, 0.717) is 16.3 Å². The van der Waals surface area contributed by atoms with Crippen molar-refractivity contribution < 1.29 is 9.53 Å². The number of para-hydroxylation sites is 1. The van der Waals surface area contributed by atoms with Crippen LogP contribution in [0.2, 0.25) is 0 Å². The number of pyridine rings is 1.